The molecule has 0 aromatic carbocycles. The van der Waals surface area contributed by atoms with Gasteiger partial charge < -0.3 is 5.32 Å². The maximum atomic E-state index is 10.5. The minimum absolute atomic E-state index is 0. The lowest BCUT2D eigenvalue weighted by molar-refractivity contribution is 0.210. The monoisotopic (exact) mass is 149 g/mol. The minimum atomic E-state index is -0.146. The van der Waals surface area contributed by atoms with Gasteiger partial charge in [-0.3, -0.25) is 0 Å². The molecule has 0 saturated heterocycles. The summed E-state index contributed by atoms with van der Waals surface area (Å²) in [5, 5.41) is 7.53. The van der Waals surface area contributed by atoms with Crippen molar-refractivity contribution in [3.8, 4) is 0 Å². The number of rotatable bonds is 0. The van der Waals surface area contributed by atoms with Crippen molar-refractivity contribution >= 4 is 24.7 Å². The third-order valence-electron chi connectivity index (χ3n) is 0.893. The molecule has 1 N–H and O–H groups in total. The van der Waals surface area contributed by atoms with Gasteiger partial charge in [0.05, 0.1) is 6.54 Å². The highest BCUT2D eigenvalue weighted by Gasteiger charge is 2.06. The molecular weight excluding hydrogens is 142 g/mol. The van der Waals surface area contributed by atoms with Crippen LogP contribution >= 0.6 is 12.4 Å². The van der Waals surface area contributed by atoms with Crippen LogP contribution in [-0.4, -0.2) is 30.8 Å². The number of hydrogen-bond acceptors (Lipinski definition) is 2. The molecule has 9 heavy (non-hydrogen) atoms. The van der Waals surface area contributed by atoms with Crippen molar-refractivity contribution in [1.82, 2.24) is 10.3 Å². The number of nitrogens with one attached hydrogen (secondary N) is 1. The van der Waals surface area contributed by atoms with E-state index in [-0.39, 0.29) is 18.4 Å². The van der Waals surface area contributed by atoms with E-state index in [2.05, 4.69) is 10.4 Å². The van der Waals surface area contributed by atoms with Gasteiger partial charge in [0, 0.05) is 13.3 Å². The zero-order valence-corrected chi connectivity index (χ0v) is 5.81. The molecule has 0 spiro atoms. The fourth-order valence-corrected chi connectivity index (χ4v) is 0.463. The molecule has 5 heteroatoms. The Labute approximate surface area is 59.3 Å². The van der Waals surface area contributed by atoms with Gasteiger partial charge in [-0.25, -0.2) is 9.80 Å². The Balaban J connectivity index is 0.000000640. The highest BCUT2D eigenvalue weighted by atomic mass is 35.5. The number of urea groups is 1. The van der Waals surface area contributed by atoms with Crippen LogP contribution in [0.4, 0.5) is 4.79 Å². The standard InChI is InChI=1S/C4H7N3O.ClH/c1-7-4(8)5-2-3-6-7;/h3H,2H2,1H3,(H,5,8);1H. The van der Waals surface area contributed by atoms with E-state index in [1.54, 1.807) is 13.3 Å². The summed E-state index contributed by atoms with van der Waals surface area (Å²) in [7, 11) is 1.60. The average molecular weight is 150 g/mol. The number of hydrogen-bond donors (Lipinski definition) is 1. The van der Waals surface area contributed by atoms with Crippen molar-refractivity contribution in [1.29, 1.82) is 0 Å². The van der Waals surface area contributed by atoms with E-state index < -0.39 is 0 Å². The second-order valence-corrected chi connectivity index (χ2v) is 1.51. The fraction of sp³-hybridized carbons (Fsp3) is 0.500. The van der Waals surface area contributed by atoms with E-state index in [0.717, 1.165) is 0 Å². The smallest absolute Gasteiger partial charge is 0.331 e. The summed E-state index contributed by atoms with van der Waals surface area (Å²) in [5.74, 6) is 0. The summed E-state index contributed by atoms with van der Waals surface area (Å²) in [4.78, 5) is 10.5. The van der Waals surface area contributed by atoms with Crippen molar-refractivity contribution in [2.75, 3.05) is 13.6 Å². The number of halogens is 1. The Morgan fingerprint density at radius 1 is 1.89 bits per heavy atom. The van der Waals surface area contributed by atoms with Crippen LogP contribution < -0.4 is 5.32 Å². The van der Waals surface area contributed by atoms with E-state index in [9.17, 15) is 4.79 Å². The summed E-state index contributed by atoms with van der Waals surface area (Å²) in [6, 6.07) is -0.146. The quantitative estimate of drug-likeness (QED) is 0.520. The fourth-order valence-electron chi connectivity index (χ4n) is 0.463. The predicted molar refractivity (Wildman–Crippen MR) is 36.9 cm³/mol. The van der Waals surface area contributed by atoms with Gasteiger partial charge in [0.25, 0.3) is 0 Å². The molecule has 0 aromatic rings. The SMILES string of the molecule is CN1N=CCNC1=O.Cl. The Morgan fingerprint density at radius 2 is 2.56 bits per heavy atom. The number of hydrazone groups is 1. The van der Waals surface area contributed by atoms with Crippen LogP contribution in [0.3, 0.4) is 0 Å². The third kappa shape index (κ3) is 1.89. The molecular formula is C4H8ClN3O. The van der Waals surface area contributed by atoms with Gasteiger partial charge >= 0.3 is 6.03 Å². The number of carbonyl (C=O) groups is 1. The minimum Gasteiger partial charge on any atom is -0.331 e. The van der Waals surface area contributed by atoms with Crippen LogP contribution in [0.15, 0.2) is 5.10 Å². The van der Waals surface area contributed by atoms with E-state index in [0.29, 0.717) is 6.54 Å². The zero-order chi connectivity index (χ0) is 5.98. The van der Waals surface area contributed by atoms with Gasteiger partial charge in [-0.15, -0.1) is 12.4 Å². The highest BCUT2D eigenvalue weighted by molar-refractivity contribution is 5.85. The van der Waals surface area contributed by atoms with Gasteiger partial charge in [0.1, 0.15) is 0 Å². The van der Waals surface area contributed by atoms with Crippen LogP contribution in [0.2, 0.25) is 0 Å². The third-order valence-corrected chi connectivity index (χ3v) is 0.893. The molecule has 4 nitrogen and oxygen atoms in total. The predicted octanol–water partition coefficient (Wildman–Crippen LogP) is 0.0490. The van der Waals surface area contributed by atoms with E-state index in [4.69, 9.17) is 0 Å². The average Bonchev–Trinajstić information content (AvgIpc) is 1.77. The molecule has 1 aliphatic rings. The van der Waals surface area contributed by atoms with E-state index >= 15 is 0 Å². The molecule has 0 bridgehead atoms. The topological polar surface area (TPSA) is 44.7 Å². The van der Waals surface area contributed by atoms with Crippen molar-refractivity contribution in [2.45, 2.75) is 0 Å². The number of carbonyl (C=O) groups excluding carboxylic acids is 1. The lowest BCUT2D eigenvalue weighted by atomic mass is 10.6. The first-order chi connectivity index (χ1) is 3.80. The molecule has 0 unspecified atom stereocenters. The summed E-state index contributed by atoms with van der Waals surface area (Å²) in [6.07, 6.45) is 1.64. The number of amides is 2. The van der Waals surface area contributed by atoms with Gasteiger partial charge in [-0.05, 0) is 0 Å². The van der Waals surface area contributed by atoms with E-state index in [1.165, 1.54) is 5.01 Å². The largest absolute Gasteiger partial charge is 0.337 e. The summed E-state index contributed by atoms with van der Waals surface area (Å²) >= 11 is 0. The number of nitrogens with zero attached hydrogens (tertiary/aromatic N) is 2. The van der Waals surface area contributed by atoms with Crippen molar-refractivity contribution in [3.05, 3.63) is 0 Å². The highest BCUT2D eigenvalue weighted by Crippen LogP contribution is 1.86. The first-order valence-electron chi connectivity index (χ1n) is 2.34. The molecule has 2 amide bonds. The van der Waals surface area contributed by atoms with Gasteiger partial charge in [-0.2, -0.15) is 5.10 Å². The molecule has 52 valence electrons. The van der Waals surface area contributed by atoms with Crippen LogP contribution in [-0.2, 0) is 0 Å². The maximum Gasteiger partial charge on any atom is 0.337 e. The van der Waals surface area contributed by atoms with Gasteiger partial charge in [0.2, 0.25) is 0 Å². The van der Waals surface area contributed by atoms with Crippen LogP contribution in [0.5, 0.6) is 0 Å². The molecule has 1 heterocycles. The lowest BCUT2D eigenvalue weighted by Gasteiger charge is -2.14. The molecule has 0 atom stereocenters. The Bertz CT molecular complexity index is 136. The normalized spacial score (nSPS) is 16.6. The second-order valence-electron chi connectivity index (χ2n) is 1.51. The van der Waals surface area contributed by atoms with E-state index in [1.807, 2.05) is 0 Å². The zero-order valence-electron chi connectivity index (χ0n) is 5.00. The summed E-state index contributed by atoms with van der Waals surface area (Å²) in [5.41, 5.74) is 0. The van der Waals surface area contributed by atoms with Crippen LogP contribution in [0.25, 0.3) is 0 Å². The van der Waals surface area contributed by atoms with Crippen molar-refractivity contribution in [3.63, 3.8) is 0 Å². The van der Waals surface area contributed by atoms with Crippen molar-refractivity contribution in [2.24, 2.45) is 5.10 Å². The van der Waals surface area contributed by atoms with Gasteiger partial charge in [0.15, 0.2) is 0 Å². The molecule has 0 radical (unpaired) electrons. The Morgan fingerprint density at radius 3 is 2.89 bits per heavy atom. The summed E-state index contributed by atoms with van der Waals surface area (Å²) < 4.78 is 0. The van der Waals surface area contributed by atoms with Crippen molar-refractivity contribution < 1.29 is 4.79 Å². The van der Waals surface area contributed by atoms with Crippen LogP contribution in [0.1, 0.15) is 0 Å². The maximum absolute atomic E-state index is 10.5. The molecule has 1 aliphatic heterocycles. The first-order valence-corrected chi connectivity index (χ1v) is 2.34. The lowest BCUT2D eigenvalue weighted by Crippen LogP contribution is -2.39. The molecule has 0 aliphatic carbocycles. The second kappa shape index (κ2) is 3.29. The Kier molecular flexibility index (Phi) is 3.01. The molecule has 0 aromatic heterocycles. The molecule has 0 fully saturated rings. The summed E-state index contributed by atoms with van der Waals surface area (Å²) in [6.45, 7) is 0.545. The molecule has 1 rings (SSSR count). The van der Waals surface area contributed by atoms with Gasteiger partial charge in [-0.1, -0.05) is 0 Å². The first kappa shape index (κ1) is 8.23. The Hall–Kier alpha value is -0.770. The molecule has 0 saturated carbocycles. The van der Waals surface area contributed by atoms with Crippen LogP contribution in [0, 0.1) is 0 Å².